The third kappa shape index (κ3) is 4.44. The largest absolute Gasteiger partial charge is 0.497 e. The van der Waals surface area contributed by atoms with Gasteiger partial charge in [0.1, 0.15) is 12.3 Å². The molecular formula is C22H18BrN3O3S. The van der Waals surface area contributed by atoms with Crippen LogP contribution in [-0.4, -0.2) is 22.6 Å². The molecule has 6 nitrogen and oxygen atoms in total. The molecule has 4 rings (SSSR count). The predicted molar refractivity (Wildman–Crippen MR) is 122 cm³/mol. The van der Waals surface area contributed by atoms with Gasteiger partial charge in [0.25, 0.3) is 5.56 Å². The number of anilines is 1. The van der Waals surface area contributed by atoms with Crippen LogP contribution in [0.2, 0.25) is 0 Å². The van der Waals surface area contributed by atoms with Gasteiger partial charge in [-0.2, -0.15) is 0 Å². The van der Waals surface area contributed by atoms with Crippen LogP contribution in [0.15, 0.2) is 76.1 Å². The molecule has 4 aromatic rings. The normalized spacial score (nSPS) is 10.9. The number of thiazole rings is 1. The highest BCUT2D eigenvalue weighted by atomic mass is 79.9. The van der Waals surface area contributed by atoms with Crippen LogP contribution >= 0.6 is 27.3 Å². The minimum Gasteiger partial charge on any atom is -0.497 e. The summed E-state index contributed by atoms with van der Waals surface area (Å²) in [6.45, 7) is 0.281. The Morgan fingerprint density at radius 1 is 1.17 bits per heavy atom. The van der Waals surface area contributed by atoms with Crippen molar-refractivity contribution in [1.29, 1.82) is 0 Å². The fraction of sp³-hybridized carbons (Fsp3) is 0.136. The number of fused-ring (bicyclic) bond motifs is 1. The number of hydrogen-bond donors (Lipinski definition) is 0. The zero-order chi connectivity index (χ0) is 21.1. The lowest BCUT2D eigenvalue weighted by Crippen LogP contribution is -2.36. The number of carbonyl (C=O) groups is 1. The zero-order valence-electron chi connectivity index (χ0n) is 16.1. The monoisotopic (exact) mass is 483 g/mol. The van der Waals surface area contributed by atoms with Crippen LogP contribution in [0.1, 0.15) is 5.56 Å². The molecule has 0 bridgehead atoms. The average Bonchev–Trinajstić information content (AvgIpc) is 3.18. The number of ether oxygens (including phenoxy) is 1. The van der Waals surface area contributed by atoms with Gasteiger partial charge in [0, 0.05) is 16.7 Å². The Bertz CT molecular complexity index is 1250. The second kappa shape index (κ2) is 8.81. The Balaban J connectivity index is 1.71. The van der Waals surface area contributed by atoms with E-state index >= 15 is 0 Å². The van der Waals surface area contributed by atoms with Crippen molar-refractivity contribution in [2.75, 3.05) is 12.0 Å². The molecule has 30 heavy (non-hydrogen) atoms. The molecule has 0 spiro atoms. The third-order valence-corrected chi connectivity index (χ3v) is 6.06. The number of hydrogen-bond acceptors (Lipinski definition) is 5. The smallest absolute Gasteiger partial charge is 0.251 e. The van der Waals surface area contributed by atoms with Gasteiger partial charge in [0.2, 0.25) is 5.91 Å². The van der Waals surface area contributed by atoms with Crippen molar-refractivity contribution in [3.05, 3.63) is 87.3 Å². The molecule has 0 radical (unpaired) electrons. The Morgan fingerprint density at radius 3 is 2.73 bits per heavy atom. The summed E-state index contributed by atoms with van der Waals surface area (Å²) in [5, 5.41) is 0.579. The number of aromatic nitrogens is 2. The third-order valence-electron chi connectivity index (χ3n) is 4.55. The number of benzene rings is 2. The topological polar surface area (TPSA) is 64.4 Å². The summed E-state index contributed by atoms with van der Waals surface area (Å²) in [5.41, 5.74) is 1.53. The average molecular weight is 484 g/mol. The molecule has 0 fully saturated rings. The van der Waals surface area contributed by atoms with Gasteiger partial charge in [-0.1, -0.05) is 41.7 Å². The summed E-state index contributed by atoms with van der Waals surface area (Å²) in [5.74, 6) is 0.518. The van der Waals surface area contributed by atoms with Gasteiger partial charge in [0.05, 0.1) is 23.9 Å². The number of rotatable bonds is 6. The molecule has 0 unspecified atom stereocenters. The molecule has 152 valence electrons. The van der Waals surface area contributed by atoms with Gasteiger partial charge in [0.15, 0.2) is 5.13 Å². The van der Waals surface area contributed by atoms with Gasteiger partial charge < -0.3 is 9.30 Å². The van der Waals surface area contributed by atoms with E-state index in [-0.39, 0.29) is 18.0 Å². The van der Waals surface area contributed by atoms with Crippen LogP contribution in [0.3, 0.4) is 0 Å². The SMILES string of the molecule is COc1ccc2nc(N(Cc3ccccc3)C(=O)Cn3cc(Br)ccc3=O)sc2c1. The van der Waals surface area contributed by atoms with Gasteiger partial charge in [-0.05, 0) is 45.8 Å². The predicted octanol–water partition coefficient (Wildman–Crippen LogP) is 4.46. The molecule has 2 aromatic heterocycles. The van der Waals surface area contributed by atoms with Crippen molar-refractivity contribution in [3.63, 3.8) is 0 Å². The van der Waals surface area contributed by atoms with Crippen LogP contribution < -0.4 is 15.2 Å². The highest BCUT2D eigenvalue weighted by Crippen LogP contribution is 2.32. The van der Waals surface area contributed by atoms with Crippen LogP contribution in [0.5, 0.6) is 5.75 Å². The molecule has 0 atom stereocenters. The first kappa shape index (κ1) is 20.3. The van der Waals surface area contributed by atoms with Crippen LogP contribution in [-0.2, 0) is 17.9 Å². The molecule has 8 heteroatoms. The number of amides is 1. The molecule has 0 aliphatic carbocycles. The summed E-state index contributed by atoms with van der Waals surface area (Å²) in [4.78, 5) is 31.7. The summed E-state index contributed by atoms with van der Waals surface area (Å²) in [7, 11) is 1.62. The van der Waals surface area contributed by atoms with E-state index in [2.05, 4.69) is 20.9 Å². The second-order valence-corrected chi connectivity index (χ2v) is 8.53. The number of halogens is 1. The maximum Gasteiger partial charge on any atom is 0.251 e. The van der Waals surface area contributed by atoms with Crippen LogP contribution in [0.4, 0.5) is 5.13 Å². The van der Waals surface area contributed by atoms with E-state index in [9.17, 15) is 9.59 Å². The van der Waals surface area contributed by atoms with E-state index in [0.717, 1.165) is 26.0 Å². The maximum absolute atomic E-state index is 13.3. The van der Waals surface area contributed by atoms with Crippen molar-refractivity contribution in [2.24, 2.45) is 0 Å². The van der Waals surface area contributed by atoms with Gasteiger partial charge >= 0.3 is 0 Å². The lowest BCUT2D eigenvalue weighted by molar-refractivity contribution is -0.119. The maximum atomic E-state index is 13.3. The fourth-order valence-electron chi connectivity index (χ4n) is 3.02. The minimum atomic E-state index is -0.236. The van der Waals surface area contributed by atoms with Crippen molar-refractivity contribution in [1.82, 2.24) is 9.55 Å². The van der Waals surface area contributed by atoms with E-state index in [0.29, 0.717) is 11.7 Å². The number of pyridine rings is 1. The lowest BCUT2D eigenvalue weighted by atomic mass is 10.2. The van der Waals surface area contributed by atoms with E-state index in [4.69, 9.17) is 4.74 Å². The molecule has 0 aliphatic rings. The molecular weight excluding hydrogens is 466 g/mol. The molecule has 0 N–H and O–H groups in total. The van der Waals surface area contributed by atoms with Crippen molar-refractivity contribution in [3.8, 4) is 5.75 Å². The summed E-state index contributed by atoms with van der Waals surface area (Å²) < 4.78 is 8.34. The van der Waals surface area contributed by atoms with Crippen molar-refractivity contribution >= 4 is 48.5 Å². The first-order valence-electron chi connectivity index (χ1n) is 9.18. The van der Waals surface area contributed by atoms with Gasteiger partial charge in [-0.15, -0.1) is 0 Å². The van der Waals surface area contributed by atoms with Crippen molar-refractivity contribution < 1.29 is 9.53 Å². The molecule has 0 saturated carbocycles. The summed E-state index contributed by atoms with van der Waals surface area (Å²) in [6, 6.07) is 18.4. The Kier molecular flexibility index (Phi) is 5.96. The van der Waals surface area contributed by atoms with E-state index in [1.165, 1.54) is 22.0 Å². The van der Waals surface area contributed by atoms with E-state index < -0.39 is 0 Å². The van der Waals surface area contributed by atoms with Crippen LogP contribution in [0, 0.1) is 0 Å². The van der Waals surface area contributed by atoms with Gasteiger partial charge in [-0.3, -0.25) is 14.5 Å². The quantitative estimate of drug-likeness (QED) is 0.406. The van der Waals surface area contributed by atoms with Gasteiger partial charge in [-0.25, -0.2) is 4.98 Å². The molecule has 0 saturated heterocycles. The number of nitrogens with zero attached hydrogens (tertiary/aromatic N) is 3. The number of methoxy groups -OCH3 is 1. The Morgan fingerprint density at radius 2 is 1.97 bits per heavy atom. The first-order valence-corrected chi connectivity index (χ1v) is 10.8. The van der Waals surface area contributed by atoms with Crippen molar-refractivity contribution in [2.45, 2.75) is 13.1 Å². The molecule has 2 heterocycles. The molecule has 2 aromatic carbocycles. The Hall–Kier alpha value is -2.97. The Labute approximate surface area is 185 Å². The summed E-state index contributed by atoms with van der Waals surface area (Å²) >= 11 is 4.77. The zero-order valence-corrected chi connectivity index (χ0v) is 18.5. The lowest BCUT2D eigenvalue weighted by Gasteiger charge is -2.20. The summed E-state index contributed by atoms with van der Waals surface area (Å²) in [6.07, 6.45) is 1.62. The first-order chi connectivity index (χ1) is 14.5. The fourth-order valence-corrected chi connectivity index (χ4v) is 4.41. The van der Waals surface area contributed by atoms with Crippen LogP contribution in [0.25, 0.3) is 10.2 Å². The molecule has 1 amide bonds. The number of carbonyl (C=O) groups excluding carboxylic acids is 1. The molecule has 0 aliphatic heterocycles. The second-order valence-electron chi connectivity index (χ2n) is 6.61. The highest BCUT2D eigenvalue weighted by Gasteiger charge is 2.21. The standard InChI is InChI=1S/C22H18BrN3O3S/c1-29-17-8-9-18-19(11-17)30-22(24-18)26(12-15-5-3-2-4-6-15)21(28)14-25-13-16(23)7-10-20(25)27/h2-11,13H,12,14H2,1H3. The minimum absolute atomic E-state index is 0.0790. The van der Waals surface area contributed by atoms with E-state index in [1.807, 2.05) is 48.5 Å². The van der Waals surface area contributed by atoms with E-state index in [1.54, 1.807) is 24.3 Å². The highest BCUT2D eigenvalue weighted by molar-refractivity contribution is 9.10.